The number of fused-ring (bicyclic) bond motifs is 5. The number of rotatable bonds is 2. The Labute approximate surface area is 151 Å². The van der Waals surface area contributed by atoms with Gasteiger partial charge in [0.1, 0.15) is 0 Å². The molecule has 0 saturated carbocycles. The summed E-state index contributed by atoms with van der Waals surface area (Å²) in [6.45, 7) is 1.38. The van der Waals surface area contributed by atoms with Crippen LogP contribution >= 0.6 is 0 Å². The standard InChI is InChI=1S/C20H19NO5/c1-23-17-4-3-11-5-15-12-6-18-19(26-10-25-18)7-13(12)16(22)9-21(15)8-14(11)20(17)24-2/h3-7,16,22H,8-10H2,1-2H3/t16-/m0/s1. The fraction of sp³-hybridized carbons (Fsp3) is 0.300. The molecule has 0 amide bonds. The molecule has 3 aliphatic rings. The predicted octanol–water partition coefficient (Wildman–Crippen LogP) is 2.79. The third kappa shape index (κ3) is 2.08. The zero-order valence-corrected chi connectivity index (χ0v) is 14.6. The molecule has 2 aromatic rings. The molecule has 0 spiro atoms. The molecule has 2 aromatic carbocycles. The first-order chi connectivity index (χ1) is 12.7. The minimum Gasteiger partial charge on any atom is -0.493 e. The quantitative estimate of drug-likeness (QED) is 0.896. The molecule has 0 aromatic heterocycles. The van der Waals surface area contributed by atoms with E-state index in [2.05, 4.69) is 11.0 Å². The van der Waals surface area contributed by atoms with Gasteiger partial charge in [0.2, 0.25) is 6.79 Å². The van der Waals surface area contributed by atoms with Gasteiger partial charge in [-0.05, 0) is 35.4 Å². The molecule has 0 unspecified atom stereocenters. The van der Waals surface area contributed by atoms with E-state index in [1.807, 2.05) is 24.3 Å². The molecule has 134 valence electrons. The lowest BCUT2D eigenvalue weighted by Gasteiger charge is -2.39. The molecule has 1 N–H and O–H groups in total. The number of hydrogen-bond acceptors (Lipinski definition) is 6. The predicted molar refractivity (Wildman–Crippen MR) is 95.4 cm³/mol. The summed E-state index contributed by atoms with van der Waals surface area (Å²) in [5, 5.41) is 10.7. The SMILES string of the molecule is COc1ccc2c(c1OC)CN1C[C@H](O)c3cc4c(cc3C1=C2)OCO4. The van der Waals surface area contributed by atoms with E-state index < -0.39 is 6.10 Å². The van der Waals surface area contributed by atoms with Crippen molar-refractivity contribution in [3.8, 4) is 23.0 Å². The van der Waals surface area contributed by atoms with Crippen molar-refractivity contribution in [3.05, 3.63) is 46.5 Å². The number of aliphatic hydroxyl groups excluding tert-OH is 1. The van der Waals surface area contributed by atoms with Gasteiger partial charge >= 0.3 is 0 Å². The Morgan fingerprint density at radius 1 is 1.12 bits per heavy atom. The molecule has 0 bridgehead atoms. The molecule has 26 heavy (non-hydrogen) atoms. The fourth-order valence-corrected chi connectivity index (χ4v) is 3.99. The second-order valence-electron chi connectivity index (χ2n) is 6.59. The van der Waals surface area contributed by atoms with Crippen LogP contribution in [-0.2, 0) is 6.54 Å². The van der Waals surface area contributed by atoms with Crippen LogP contribution in [-0.4, -0.2) is 37.6 Å². The third-order valence-corrected chi connectivity index (χ3v) is 5.24. The van der Waals surface area contributed by atoms with Crippen molar-refractivity contribution < 1.29 is 24.1 Å². The van der Waals surface area contributed by atoms with Gasteiger partial charge in [0.15, 0.2) is 23.0 Å². The molecule has 6 nitrogen and oxygen atoms in total. The number of ether oxygens (including phenoxy) is 4. The van der Waals surface area contributed by atoms with Gasteiger partial charge in [-0.1, -0.05) is 6.07 Å². The maximum absolute atomic E-state index is 10.7. The van der Waals surface area contributed by atoms with Crippen LogP contribution < -0.4 is 18.9 Å². The van der Waals surface area contributed by atoms with Crippen molar-refractivity contribution in [1.29, 1.82) is 0 Å². The lowest BCUT2D eigenvalue weighted by atomic mass is 9.89. The highest BCUT2D eigenvalue weighted by Gasteiger charge is 2.34. The van der Waals surface area contributed by atoms with Crippen LogP contribution in [0.2, 0.25) is 0 Å². The van der Waals surface area contributed by atoms with Gasteiger partial charge in [0.05, 0.1) is 20.3 Å². The number of hydrogen-bond donors (Lipinski definition) is 1. The number of nitrogens with zero attached hydrogens (tertiary/aromatic N) is 1. The Kier molecular flexibility index (Phi) is 3.30. The van der Waals surface area contributed by atoms with Gasteiger partial charge in [0.25, 0.3) is 0 Å². The number of methoxy groups -OCH3 is 2. The van der Waals surface area contributed by atoms with Crippen LogP contribution in [0.4, 0.5) is 0 Å². The van der Waals surface area contributed by atoms with E-state index in [4.69, 9.17) is 18.9 Å². The molecular formula is C20H19NO5. The first kappa shape index (κ1) is 15.4. The van der Waals surface area contributed by atoms with Gasteiger partial charge in [-0.3, -0.25) is 0 Å². The Bertz CT molecular complexity index is 936. The first-order valence-corrected chi connectivity index (χ1v) is 8.52. The van der Waals surface area contributed by atoms with Crippen LogP contribution in [0.1, 0.15) is 28.4 Å². The van der Waals surface area contributed by atoms with Gasteiger partial charge in [0, 0.05) is 29.9 Å². The third-order valence-electron chi connectivity index (χ3n) is 5.24. The van der Waals surface area contributed by atoms with E-state index in [0.29, 0.717) is 24.6 Å². The monoisotopic (exact) mass is 353 g/mol. The summed E-state index contributed by atoms with van der Waals surface area (Å²) < 4.78 is 22.0. The minimum atomic E-state index is -0.588. The lowest BCUT2D eigenvalue weighted by Crippen LogP contribution is -2.34. The van der Waals surface area contributed by atoms with Crippen LogP contribution in [0.15, 0.2) is 24.3 Å². The van der Waals surface area contributed by atoms with Crippen molar-refractivity contribution in [2.45, 2.75) is 12.6 Å². The molecule has 3 aliphatic heterocycles. The van der Waals surface area contributed by atoms with Crippen molar-refractivity contribution in [1.82, 2.24) is 4.90 Å². The largest absolute Gasteiger partial charge is 0.493 e. The topological polar surface area (TPSA) is 60.4 Å². The van der Waals surface area contributed by atoms with E-state index in [-0.39, 0.29) is 6.79 Å². The van der Waals surface area contributed by atoms with Gasteiger partial charge in [-0.2, -0.15) is 0 Å². The second-order valence-corrected chi connectivity index (χ2v) is 6.59. The smallest absolute Gasteiger partial charge is 0.231 e. The van der Waals surface area contributed by atoms with Crippen molar-refractivity contribution in [3.63, 3.8) is 0 Å². The van der Waals surface area contributed by atoms with Crippen molar-refractivity contribution in [2.24, 2.45) is 0 Å². The van der Waals surface area contributed by atoms with Gasteiger partial charge in [-0.15, -0.1) is 0 Å². The molecular weight excluding hydrogens is 334 g/mol. The van der Waals surface area contributed by atoms with Crippen LogP contribution in [0.25, 0.3) is 11.8 Å². The number of aliphatic hydroxyl groups is 1. The van der Waals surface area contributed by atoms with E-state index in [1.165, 1.54) is 0 Å². The summed E-state index contributed by atoms with van der Waals surface area (Å²) in [7, 11) is 3.29. The minimum absolute atomic E-state index is 0.219. The van der Waals surface area contributed by atoms with Gasteiger partial charge in [-0.25, -0.2) is 0 Å². The summed E-state index contributed by atoms with van der Waals surface area (Å²) in [6.07, 6.45) is 1.54. The summed E-state index contributed by atoms with van der Waals surface area (Å²) in [5.74, 6) is 2.87. The fourth-order valence-electron chi connectivity index (χ4n) is 3.99. The second kappa shape index (κ2) is 5.57. The molecule has 0 saturated heterocycles. The highest BCUT2D eigenvalue weighted by Crippen LogP contribution is 2.47. The zero-order chi connectivity index (χ0) is 17.8. The molecule has 6 heteroatoms. The van der Waals surface area contributed by atoms with E-state index >= 15 is 0 Å². The van der Waals surface area contributed by atoms with Crippen molar-refractivity contribution >= 4 is 11.8 Å². The maximum atomic E-state index is 10.7. The molecule has 0 fully saturated rings. The maximum Gasteiger partial charge on any atom is 0.231 e. The number of benzene rings is 2. The van der Waals surface area contributed by atoms with Crippen LogP contribution in [0.3, 0.4) is 0 Å². The Morgan fingerprint density at radius 3 is 2.69 bits per heavy atom. The summed E-state index contributed by atoms with van der Waals surface area (Å²) >= 11 is 0. The summed E-state index contributed by atoms with van der Waals surface area (Å²) in [4.78, 5) is 2.17. The zero-order valence-electron chi connectivity index (χ0n) is 14.6. The van der Waals surface area contributed by atoms with Crippen molar-refractivity contribution in [2.75, 3.05) is 27.6 Å². The normalized spacial score (nSPS) is 19.3. The summed E-state index contributed by atoms with van der Waals surface area (Å²) in [6, 6.07) is 7.82. The molecule has 0 aliphatic carbocycles. The van der Waals surface area contributed by atoms with Crippen LogP contribution in [0, 0.1) is 0 Å². The van der Waals surface area contributed by atoms with Gasteiger partial charge < -0.3 is 29.0 Å². The van der Waals surface area contributed by atoms with E-state index in [9.17, 15) is 5.11 Å². The Morgan fingerprint density at radius 2 is 1.92 bits per heavy atom. The van der Waals surface area contributed by atoms with Crippen LogP contribution in [0.5, 0.6) is 23.0 Å². The Hall–Kier alpha value is -2.86. The lowest BCUT2D eigenvalue weighted by molar-refractivity contribution is 0.128. The highest BCUT2D eigenvalue weighted by molar-refractivity contribution is 5.87. The van der Waals surface area contributed by atoms with E-state index in [1.54, 1.807) is 14.2 Å². The average molecular weight is 353 g/mol. The first-order valence-electron chi connectivity index (χ1n) is 8.52. The average Bonchev–Trinajstić information content (AvgIpc) is 3.12. The summed E-state index contributed by atoms with van der Waals surface area (Å²) in [5.41, 5.74) is 5.08. The Balaban J connectivity index is 1.69. The molecule has 3 heterocycles. The highest BCUT2D eigenvalue weighted by atomic mass is 16.7. The molecule has 5 rings (SSSR count). The van der Waals surface area contributed by atoms with E-state index in [0.717, 1.165) is 39.4 Å². The molecule has 1 atom stereocenters. The molecule has 0 radical (unpaired) electrons.